The number of rotatable bonds is 5. The molecule has 3 aromatic heterocycles. The smallest absolute Gasteiger partial charge is 0.315 e. The lowest BCUT2D eigenvalue weighted by molar-refractivity contribution is -0.145. The van der Waals surface area contributed by atoms with Gasteiger partial charge in [-0.3, -0.25) is 9.59 Å². The van der Waals surface area contributed by atoms with Crippen LogP contribution < -0.4 is 10.2 Å². The maximum Gasteiger partial charge on any atom is 0.315 e. The number of amides is 1. The molecule has 0 spiro atoms. The Morgan fingerprint density at radius 2 is 2.17 bits per heavy atom. The van der Waals surface area contributed by atoms with Crippen molar-refractivity contribution in [1.82, 2.24) is 29.9 Å². The molecule has 0 radical (unpaired) electrons. The topological polar surface area (TPSA) is 128 Å². The molecular weight excluding hydrogens is 408 g/mol. The minimum Gasteiger partial charge on any atom is -0.465 e. The van der Waals surface area contributed by atoms with Gasteiger partial charge < -0.3 is 15.0 Å². The summed E-state index contributed by atoms with van der Waals surface area (Å²) in [5.41, 5.74) is 2.02. The Hall–Kier alpha value is -3.15. The molecule has 1 unspecified atom stereocenters. The van der Waals surface area contributed by atoms with Gasteiger partial charge in [-0.2, -0.15) is 0 Å². The molecule has 30 heavy (non-hydrogen) atoms. The molecule has 12 heteroatoms. The van der Waals surface area contributed by atoms with Crippen LogP contribution in [-0.4, -0.2) is 61.5 Å². The molecule has 4 heterocycles. The van der Waals surface area contributed by atoms with Gasteiger partial charge in [0, 0.05) is 25.0 Å². The number of fused-ring (bicyclic) bond motifs is 2. The second kappa shape index (κ2) is 7.27. The Morgan fingerprint density at radius 1 is 1.33 bits per heavy atom. The van der Waals surface area contributed by atoms with Crippen LogP contribution in [-0.2, 0) is 27.8 Å². The predicted molar refractivity (Wildman–Crippen MR) is 108 cm³/mol. The van der Waals surface area contributed by atoms with E-state index in [1.54, 1.807) is 18.7 Å². The first-order valence-corrected chi connectivity index (χ1v) is 10.6. The van der Waals surface area contributed by atoms with Crippen molar-refractivity contribution in [1.29, 1.82) is 0 Å². The Labute approximate surface area is 175 Å². The van der Waals surface area contributed by atoms with Gasteiger partial charge in [-0.1, -0.05) is 5.21 Å². The van der Waals surface area contributed by atoms with Crippen LogP contribution in [0.15, 0.2) is 6.33 Å². The van der Waals surface area contributed by atoms with Crippen LogP contribution in [0, 0.1) is 5.92 Å². The highest BCUT2D eigenvalue weighted by molar-refractivity contribution is 7.16. The van der Waals surface area contributed by atoms with Crippen molar-refractivity contribution in [3.8, 4) is 0 Å². The van der Waals surface area contributed by atoms with Gasteiger partial charge in [-0.25, -0.2) is 19.6 Å². The Kier molecular flexibility index (Phi) is 4.57. The summed E-state index contributed by atoms with van der Waals surface area (Å²) in [6.07, 6.45) is 2.98. The van der Waals surface area contributed by atoms with Crippen LogP contribution >= 0.6 is 11.3 Å². The van der Waals surface area contributed by atoms with Crippen LogP contribution in [0.4, 0.5) is 10.9 Å². The summed E-state index contributed by atoms with van der Waals surface area (Å²) in [5.74, 6) is -0.146. The molecule has 5 rings (SSSR count). The van der Waals surface area contributed by atoms with E-state index in [1.807, 2.05) is 4.90 Å². The Bertz CT molecular complexity index is 1140. The number of aromatic nitrogens is 6. The van der Waals surface area contributed by atoms with E-state index < -0.39 is 0 Å². The largest absolute Gasteiger partial charge is 0.465 e. The predicted octanol–water partition coefficient (Wildman–Crippen LogP) is 0.883. The first-order chi connectivity index (χ1) is 14.5. The molecule has 2 aliphatic rings. The molecular formula is C18H20N8O3S. The molecule has 156 valence electrons. The van der Waals surface area contributed by atoms with Gasteiger partial charge in [-0.05, 0) is 19.8 Å². The van der Waals surface area contributed by atoms with Gasteiger partial charge in [0.05, 0.1) is 18.2 Å². The molecule has 1 aliphatic heterocycles. The van der Waals surface area contributed by atoms with E-state index in [1.165, 1.54) is 17.7 Å². The summed E-state index contributed by atoms with van der Waals surface area (Å²) in [6.45, 7) is 3.21. The average molecular weight is 428 g/mol. The number of hydrogen-bond donors (Lipinski definition) is 1. The molecule has 11 nitrogen and oxygen atoms in total. The maximum absolute atomic E-state index is 12.7. The van der Waals surface area contributed by atoms with Crippen molar-refractivity contribution in [3.63, 3.8) is 0 Å². The lowest BCUT2D eigenvalue weighted by atomic mass is 9.99. The molecule has 1 amide bonds. The zero-order valence-electron chi connectivity index (χ0n) is 16.5. The van der Waals surface area contributed by atoms with Crippen molar-refractivity contribution < 1.29 is 14.3 Å². The number of ether oxygens (including phenoxy) is 1. The standard InChI is InChI=1S/C18H20N8O3S/c1-3-29-17(28)10-4-5-11-12(10)21-18(30-11)22-16(27)9-6-26(7-9)15-13-14(19-8-20-15)25(2)24-23-13/h8-10H,3-7H2,1-2H3,(H,21,22,27). The van der Waals surface area contributed by atoms with E-state index >= 15 is 0 Å². The summed E-state index contributed by atoms with van der Waals surface area (Å²) in [7, 11) is 1.77. The molecule has 0 aromatic carbocycles. The maximum atomic E-state index is 12.7. The number of aryl methyl sites for hydroxylation is 2. The summed E-state index contributed by atoms with van der Waals surface area (Å²) in [5, 5.41) is 11.5. The fourth-order valence-electron chi connectivity index (χ4n) is 3.85. The minimum absolute atomic E-state index is 0.0872. The van der Waals surface area contributed by atoms with Gasteiger partial charge in [0.15, 0.2) is 22.1 Å². The van der Waals surface area contributed by atoms with Crippen molar-refractivity contribution >= 4 is 45.3 Å². The number of carbonyl (C=O) groups excluding carboxylic acids is 2. The molecule has 1 saturated heterocycles. The van der Waals surface area contributed by atoms with Gasteiger partial charge >= 0.3 is 5.97 Å². The third-order valence-electron chi connectivity index (χ3n) is 5.44. The number of esters is 1. The normalized spacial score (nSPS) is 18.3. The lowest BCUT2D eigenvalue weighted by Crippen LogP contribution is -2.52. The molecule has 1 atom stereocenters. The number of anilines is 2. The number of hydrogen-bond acceptors (Lipinski definition) is 10. The first-order valence-electron chi connectivity index (χ1n) is 9.77. The second-order valence-corrected chi connectivity index (χ2v) is 8.43. The summed E-state index contributed by atoms with van der Waals surface area (Å²) in [4.78, 5) is 40.8. The molecule has 1 fully saturated rings. The second-order valence-electron chi connectivity index (χ2n) is 7.34. The van der Waals surface area contributed by atoms with Crippen LogP contribution in [0.3, 0.4) is 0 Å². The molecule has 3 aromatic rings. The molecule has 1 aliphatic carbocycles. The van der Waals surface area contributed by atoms with E-state index in [0.717, 1.165) is 17.0 Å². The zero-order valence-corrected chi connectivity index (χ0v) is 17.3. The highest BCUT2D eigenvalue weighted by Crippen LogP contribution is 2.39. The monoisotopic (exact) mass is 428 g/mol. The van der Waals surface area contributed by atoms with Gasteiger partial charge in [-0.15, -0.1) is 16.4 Å². The van der Waals surface area contributed by atoms with Gasteiger partial charge in [0.2, 0.25) is 5.91 Å². The van der Waals surface area contributed by atoms with E-state index in [0.29, 0.717) is 48.2 Å². The van der Waals surface area contributed by atoms with Crippen molar-refractivity contribution in [2.45, 2.75) is 25.7 Å². The van der Waals surface area contributed by atoms with Gasteiger partial charge in [0.1, 0.15) is 12.2 Å². The van der Waals surface area contributed by atoms with Gasteiger partial charge in [0.25, 0.3) is 0 Å². The number of thiazole rings is 1. The third kappa shape index (κ3) is 3.07. The van der Waals surface area contributed by atoms with Crippen LogP contribution in [0.25, 0.3) is 11.2 Å². The van der Waals surface area contributed by atoms with E-state index in [4.69, 9.17) is 4.74 Å². The molecule has 0 saturated carbocycles. The molecule has 1 N–H and O–H groups in total. The fraction of sp³-hybridized carbons (Fsp3) is 0.500. The van der Waals surface area contributed by atoms with Crippen molar-refractivity contribution in [3.05, 3.63) is 16.9 Å². The molecule has 0 bridgehead atoms. The highest BCUT2D eigenvalue weighted by atomic mass is 32.1. The van der Waals surface area contributed by atoms with Crippen molar-refractivity contribution in [2.75, 3.05) is 29.9 Å². The number of nitrogens with one attached hydrogen (secondary N) is 1. The summed E-state index contributed by atoms with van der Waals surface area (Å²) in [6, 6.07) is 0. The Balaban J connectivity index is 1.23. The summed E-state index contributed by atoms with van der Waals surface area (Å²) < 4.78 is 6.73. The number of nitrogens with zero attached hydrogens (tertiary/aromatic N) is 7. The van der Waals surface area contributed by atoms with Crippen LogP contribution in [0.2, 0.25) is 0 Å². The SMILES string of the molecule is CCOC(=O)C1CCc2sc(NC(=O)C3CN(c4ncnc5c4nnn5C)C3)nc21. The van der Waals surface area contributed by atoms with E-state index in [-0.39, 0.29) is 23.7 Å². The highest BCUT2D eigenvalue weighted by Gasteiger charge is 2.37. The lowest BCUT2D eigenvalue weighted by Gasteiger charge is -2.38. The average Bonchev–Trinajstić information content (AvgIpc) is 3.35. The number of carbonyl (C=O) groups is 2. The van der Waals surface area contributed by atoms with Crippen LogP contribution in [0.5, 0.6) is 0 Å². The van der Waals surface area contributed by atoms with E-state index in [2.05, 4.69) is 30.6 Å². The minimum atomic E-state index is -0.326. The van der Waals surface area contributed by atoms with Crippen LogP contribution in [0.1, 0.15) is 29.8 Å². The fourth-order valence-corrected chi connectivity index (χ4v) is 4.89. The Morgan fingerprint density at radius 3 is 2.97 bits per heavy atom. The summed E-state index contributed by atoms with van der Waals surface area (Å²) >= 11 is 1.44. The van der Waals surface area contributed by atoms with E-state index in [9.17, 15) is 9.59 Å². The third-order valence-corrected chi connectivity index (χ3v) is 6.49. The first kappa shape index (κ1) is 18.9. The zero-order chi connectivity index (χ0) is 20.8. The quantitative estimate of drug-likeness (QED) is 0.589. The van der Waals surface area contributed by atoms with Crippen molar-refractivity contribution in [2.24, 2.45) is 13.0 Å².